The number of aromatic nitrogens is 2. The van der Waals surface area contributed by atoms with E-state index in [0.717, 1.165) is 6.42 Å². The summed E-state index contributed by atoms with van der Waals surface area (Å²) in [6.45, 7) is 0. The van der Waals surface area contributed by atoms with E-state index < -0.39 is 0 Å². The summed E-state index contributed by atoms with van der Waals surface area (Å²) in [5, 5.41) is 7.76. The molecule has 3 nitrogen and oxygen atoms in total. The van der Waals surface area contributed by atoms with Crippen molar-refractivity contribution < 1.29 is 0 Å². The topological polar surface area (TPSA) is 12.6 Å². The van der Waals surface area contributed by atoms with Crippen molar-refractivity contribution in [3.63, 3.8) is 0 Å². The number of hydrogen-bond donors (Lipinski definition) is 0. The highest BCUT2D eigenvalue weighted by Crippen LogP contribution is 2.42. The van der Waals surface area contributed by atoms with Gasteiger partial charge in [0.05, 0.1) is 33.6 Å². The lowest BCUT2D eigenvalue weighted by Gasteiger charge is -2.33. The van der Waals surface area contributed by atoms with E-state index >= 15 is 0 Å². The number of nitrogens with zero attached hydrogens (tertiary/aromatic N) is 3. The third-order valence-electron chi connectivity index (χ3n) is 13.4. The van der Waals surface area contributed by atoms with Crippen molar-refractivity contribution in [2.75, 3.05) is 4.90 Å². The van der Waals surface area contributed by atoms with Crippen LogP contribution in [0.15, 0.2) is 231 Å². The lowest BCUT2D eigenvalue weighted by Crippen LogP contribution is -2.30. The number of para-hydroxylation sites is 4. The molecule has 1 aliphatic rings. The van der Waals surface area contributed by atoms with Gasteiger partial charge in [0.2, 0.25) is 0 Å². The molecule has 1 aliphatic carbocycles. The quantitative estimate of drug-likeness (QED) is 0.156. The zero-order chi connectivity index (χ0) is 41.4. The summed E-state index contributed by atoms with van der Waals surface area (Å²) in [6.07, 6.45) is 8.03. The molecule has 0 radical (unpaired) electrons. The van der Waals surface area contributed by atoms with Crippen LogP contribution in [-0.4, -0.2) is 15.0 Å². The second kappa shape index (κ2) is 14.2. The molecule has 9 aromatic carbocycles. The third kappa shape index (κ3) is 5.67. The normalized spacial score (nSPS) is 14.2. The van der Waals surface area contributed by atoms with Crippen LogP contribution in [0.3, 0.4) is 0 Å². The average molecular weight is 804 g/mol. The fraction of sp³-hybridized carbons (Fsp3) is 0.0333. The minimum Gasteiger partial charge on any atom is -0.334 e. The molecule has 0 amide bonds. The SMILES string of the molecule is C1=CC(N(c2ccc(-c3ccccc3)cc2)c2ccc(-c3ccc4c(c3)c3cccc5c6ccccc6n4c53)cc2)CC=C1c1ccc2c(c1)c1ccccc1n2-c1ccccc1. The van der Waals surface area contributed by atoms with E-state index in [9.17, 15) is 0 Å². The maximum Gasteiger partial charge on any atom is 0.0620 e. The molecule has 0 spiro atoms. The molecule has 0 saturated carbocycles. The molecule has 0 N–H and O–H groups in total. The van der Waals surface area contributed by atoms with Crippen molar-refractivity contribution in [3.05, 3.63) is 236 Å². The van der Waals surface area contributed by atoms with E-state index in [2.05, 4.69) is 244 Å². The first-order valence-corrected chi connectivity index (χ1v) is 21.9. The second-order valence-electron chi connectivity index (χ2n) is 16.9. The Morgan fingerprint density at radius 3 is 1.59 bits per heavy atom. The molecule has 0 bridgehead atoms. The molecule has 0 saturated heterocycles. The van der Waals surface area contributed by atoms with E-state index in [1.165, 1.54) is 110 Å². The molecule has 1 unspecified atom stereocenters. The summed E-state index contributed by atoms with van der Waals surface area (Å²) in [4.78, 5) is 2.50. The summed E-state index contributed by atoms with van der Waals surface area (Å²) >= 11 is 0. The van der Waals surface area contributed by atoms with Crippen molar-refractivity contribution >= 4 is 76.8 Å². The zero-order valence-corrected chi connectivity index (χ0v) is 34.6. The van der Waals surface area contributed by atoms with Crippen LogP contribution in [0.25, 0.3) is 93.4 Å². The summed E-state index contributed by atoms with van der Waals surface area (Å²) in [6, 6.07) is 77.9. The van der Waals surface area contributed by atoms with Crippen molar-refractivity contribution in [3.8, 4) is 27.9 Å². The highest BCUT2D eigenvalue weighted by atomic mass is 15.2. The Balaban J connectivity index is 0.854. The van der Waals surface area contributed by atoms with Gasteiger partial charge < -0.3 is 13.9 Å². The first kappa shape index (κ1) is 35.6. The monoisotopic (exact) mass is 803 g/mol. The first-order valence-electron chi connectivity index (χ1n) is 21.9. The van der Waals surface area contributed by atoms with Gasteiger partial charge in [-0.3, -0.25) is 0 Å². The summed E-state index contributed by atoms with van der Waals surface area (Å²) < 4.78 is 4.83. The lowest BCUT2D eigenvalue weighted by atomic mass is 9.94. The molecule has 1 atom stereocenters. The van der Waals surface area contributed by atoms with Crippen LogP contribution in [0.2, 0.25) is 0 Å². The maximum atomic E-state index is 2.50. The van der Waals surface area contributed by atoms with Gasteiger partial charge in [0, 0.05) is 49.4 Å². The van der Waals surface area contributed by atoms with Crippen LogP contribution in [0.5, 0.6) is 0 Å². The second-order valence-corrected chi connectivity index (χ2v) is 16.9. The van der Waals surface area contributed by atoms with Gasteiger partial charge in [-0.05, 0) is 113 Å². The van der Waals surface area contributed by atoms with Gasteiger partial charge in [-0.1, -0.05) is 158 Å². The van der Waals surface area contributed by atoms with Gasteiger partial charge in [0.25, 0.3) is 0 Å². The average Bonchev–Trinajstić information content (AvgIpc) is 4.00. The highest BCUT2D eigenvalue weighted by Gasteiger charge is 2.23. The maximum absolute atomic E-state index is 2.50. The molecule has 63 heavy (non-hydrogen) atoms. The van der Waals surface area contributed by atoms with Crippen LogP contribution < -0.4 is 4.90 Å². The highest BCUT2D eigenvalue weighted by molar-refractivity contribution is 6.23. The minimum atomic E-state index is 0.135. The van der Waals surface area contributed by atoms with Crippen LogP contribution in [0, 0.1) is 0 Å². The van der Waals surface area contributed by atoms with Gasteiger partial charge in [0.15, 0.2) is 0 Å². The molecule has 13 rings (SSSR count). The summed E-state index contributed by atoms with van der Waals surface area (Å²) in [5.41, 5.74) is 17.1. The Kier molecular flexibility index (Phi) is 8.04. The van der Waals surface area contributed by atoms with Crippen molar-refractivity contribution in [1.82, 2.24) is 8.97 Å². The van der Waals surface area contributed by atoms with E-state index in [-0.39, 0.29) is 6.04 Å². The number of hydrogen-bond acceptors (Lipinski definition) is 1. The summed E-state index contributed by atoms with van der Waals surface area (Å²) in [7, 11) is 0. The Bertz CT molecular complexity index is 3740. The predicted molar refractivity (Wildman–Crippen MR) is 267 cm³/mol. The first-order chi connectivity index (χ1) is 31.2. The number of benzene rings is 9. The van der Waals surface area contributed by atoms with Crippen molar-refractivity contribution in [2.45, 2.75) is 12.5 Å². The Morgan fingerprint density at radius 2 is 0.873 bits per heavy atom. The van der Waals surface area contributed by atoms with E-state index in [1.807, 2.05) is 0 Å². The largest absolute Gasteiger partial charge is 0.334 e. The van der Waals surface area contributed by atoms with Crippen LogP contribution in [-0.2, 0) is 0 Å². The number of fused-ring (bicyclic) bond motifs is 9. The molecule has 0 aliphatic heterocycles. The van der Waals surface area contributed by atoms with E-state index in [1.54, 1.807) is 0 Å². The molecular formula is C60H41N3. The summed E-state index contributed by atoms with van der Waals surface area (Å²) in [5.74, 6) is 0. The van der Waals surface area contributed by atoms with Gasteiger partial charge in [0.1, 0.15) is 0 Å². The van der Waals surface area contributed by atoms with E-state index in [0.29, 0.717) is 0 Å². The lowest BCUT2D eigenvalue weighted by molar-refractivity contribution is 0.787. The van der Waals surface area contributed by atoms with Gasteiger partial charge >= 0.3 is 0 Å². The van der Waals surface area contributed by atoms with E-state index in [4.69, 9.17) is 0 Å². The zero-order valence-electron chi connectivity index (χ0n) is 34.6. The standard InChI is InChI=1S/C60H41N3/c1-3-12-40(13-4-1)41-22-30-47(31-23-41)61(48-32-24-42(25-33-48)44-28-36-58-54(38-44)51-17-8-9-20-56(51)62(58)46-14-5-2-6-15-46)49-34-26-43(27-35-49)45-29-37-59-55(39-45)53-19-11-18-52-50-16-7-10-21-57(50)63(59)60(52)53/h1-32,34-39,48H,33H2. The van der Waals surface area contributed by atoms with Crippen LogP contribution in [0.4, 0.5) is 11.4 Å². The Morgan fingerprint density at radius 1 is 0.381 bits per heavy atom. The molecule has 296 valence electrons. The Labute approximate surface area is 365 Å². The molecular weight excluding hydrogens is 763 g/mol. The molecule has 3 heterocycles. The predicted octanol–water partition coefficient (Wildman–Crippen LogP) is 15.8. The molecule has 12 aromatic rings. The molecule has 3 heteroatoms. The van der Waals surface area contributed by atoms with Gasteiger partial charge in [-0.2, -0.15) is 0 Å². The van der Waals surface area contributed by atoms with Crippen molar-refractivity contribution in [1.29, 1.82) is 0 Å². The number of allylic oxidation sites excluding steroid dienone is 2. The Hall–Kier alpha value is -8.14. The minimum absolute atomic E-state index is 0.135. The van der Waals surface area contributed by atoms with Gasteiger partial charge in [-0.25, -0.2) is 0 Å². The fourth-order valence-corrected chi connectivity index (χ4v) is 10.4. The van der Waals surface area contributed by atoms with Crippen molar-refractivity contribution in [2.24, 2.45) is 0 Å². The third-order valence-corrected chi connectivity index (χ3v) is 13.4. The van der Waals surface area contributed by atoms with Crippen LogP contribution >= 0.6 is 0 Å². The molecule has 0 fully saturated rings. The smallest absolute Gasteiger partial charge is 0.0620 e. The number of rotatable bonds is 7. The number of anilines is 2. The fourth-order valence-electron chi connectivity index (χ4n) is 10.4. The van der Waals surface area contributed by atoms with Gasteiger partial charge in [-0.15, -0.1) is 0 Å². The van der Waals surface area contributed by atoms with Crippen LogP contribution in [0.1, 0.15) is 12.0 Å². The molecule has 3 aromatic heterocycles.